The normalized spacial score (nSPS) is 15.4. The van der Waals surface area contributed by atoms with E-state index < -0.39 is 5.97 Å². The minimum atomic E-state index is -0.462. The molecule has 0 saturated carbocycles. The zero-order chi connectivity index (χ0) is 12.0. The van der Waals surface area contributed by atoms with Crippen molar-refractivity contribution >= 4 is 17.6 Å². The van der Waals surface area contributed by atoms with Gasteiger partial charge in [0.2, 0.25) is 5.91 Å². The summed E-state index contributed by atoms with van der Waals surface area (Å²) in [6, 6.07) is 0. The summed E-state index contributed by atoms with van der Waals surface area (Å²) in [6.07, 6.45) is 6.93. The molecule has 1 aliphatic heterocycles. The van der Waals surface area contributed by atoms with Crippen molar-refractivity contribution in [1.29, 1.82) is 0 Å². The number of carbonyl (C=O) groups excluding carboxylic acids is 2. The lowest BCUT2D eigenvalue weighted by Crippen LogP contribution is -2.32. The lowest BCUT2D eigenvalue weighted by atomic mass is 10.2. The number of nitrogens with zero attached hydrogens (tertiary/aromatic N) is 2. The van der Waals surface area contributed by atoms with Crippen molar-refractivity contribution in [2.75, 3.05) is 13.7 Å². The molecule has 1 amide bonds. The van der Waals surface area contributed by atoms with Crippen LogP contribution in [0.15, 0.2) is 5.10 Å². The number of hydrazone groups is 1. The van der Waals surface area contributed by atoms with Gasteiger partial charge in [-0.15, -0.1) is 12.3 Å². The van der Waals surface area contributed by atoms with E-state index in [2.05, 4.69) is 11.0 Å². The number of carbonyl (C=O) groups is 2. The van der Waals surface area contributed by atoms with Crippen molar-refractivity contribution in [2.45, 2.75) is 25.7 Å². The average Bonchev–Trinajstić information content (AvgIpc) is 2.28. The molecule has 0 fully saturated rings. The third kappa shape index (κ3) is 3.39. The second-order valence-corrected chi connectivity index (χ2v) is 3.41. The molecular weight excluding hydrogens is 208 g/mol. The topological polar surface area (TPSA) is 59.0 Å². The second-order valence-electron chi connectivity index (χ2n) is 3.41. The van der Waals surface area contributed by atoms with Crippen LogP contribution in [0.5, 0.6) is 0 Å². The number of unbranched alkanes of at least 4 members (excludes halogenated alkanes) is 1. The summed E-state index contributed by atoms with van der Waals surface area (Å²) in [5.41, 5.74) is 0.294. The van der Waals surface area contributed by atoms with Crippen LogP contribution in [0, 0.1) is 12.3 Å². The van der Waals surface area contributed by atoms with Gasteiger partial charge < -0.3 is 4.74 Å². The first-order valence-corrected chi connectivity index (χ1v) is 5.09. The summed E-state index contributed by atoms with van der Waals surface area (Å²) in [4.78, 5) is 22.6. The molecular formula is C11H14N2O3. The number of terminal acetylenes is 1. The minimum absolute atomic E-state index is 0.0936. The van der Waals surface area contributed by atoms with Crippen LogP contribution in [0.4, 0.5) is 0 Å². The van der Waals surface area contributed by atoms with Crippen LogP contribution in [-0.4, -0.2) is 36.3 Å². The Bertz CT molecular complexity index is 355. The molecule has 0 spiro atoms. The molecule has 5 nitrogen and oxygen atoms in total. The molecule has 0 aromatic heterocycles. The lowest BCUT2D eigenvalue weighted by Gasteiger charge is -2.18. The summed E-state index contributed by atoms with van der Waals surface area (Å²) in [7, 11) is 1.52. The summed E-state index contributed by atoms with van der Waals surface area (Å²) in [6.45, 7) is 0.291. The molecule has 0 saturated heterocycles. The number of rotatable bonds is 4. The average molecular weight is 222 g/mol. The van der Waals surface area contributed by atoms with E-state index in [1.807, 2.05) is 0 Å². The maximum absolute atomic E-state index is 11.5. The van der Waals surface area contributed by atoms with Gasteiger partial charge in [0.15, 0.2) is 0 Å². The number of amides is 1. The zero-order valence-electron chi connectivity index (χ0n) is 9.23. The molecule has 0 aromatic rings. The predicted octanol–water partition coefficient (Wildman–Crippen LogP) is 0.551. The Morgan fingerprint density at radius 3 is 3.00 bits per heavy atom. The first-order chi connectivity index (χ1) is 7.65. The lowest BCUT2D eigenvalue weighted by molar-refractivity contribution is -0.136. The molecule has 86 valence electrons. The summed E-state index contributed by atoms with van der Waals surface area (Å²) in [5.74, 6) is 1.90. The molecule has 1 aliphatic rings. The van der Waals surface area contributed by atoms with Gasteiger partial charge >= 0.3 is 5.97 Å². The van der Waals surface area contributed by atoms with Crippen LogP contribution in [-0.2, 0) is 14.3 Å². The molecule has 1 heterocycles. The van der Waals surface area contributed by atoms with Gasteiger partial charge in [-0.3, -0.25) is 4.79 Å². The number of hydrogen-bond acceptors (Lipinski definition) is 4. The molecule has 5 heteroatoms. The smallest absolute Gasteiger partial charge is 0.354 e. The molecule has 16 heavy (non-hydrogen) atoms. The van der Waals surface area contributed by atoms with Crippen molar-refractivity contribution in [1.82, 2.24) is 5.01 Å². The molecule has 0 aliphatic carbocycles. The molecule has 0 bridgehead atoms. The van der Waals surface area contributed by atoms with E-state index in [0.29, 0.717) is 38.0 Å². The monoisotopic (exact) mass is 222 g/mol. The number of esters is 1. The Morgan fingerprint density at radius 1 is 1.62 bits per heavy atom. The van der Waals surface area contributed by atoms with Gasteiger partial charge in [0, 0.05) is 26.3 Å². The predicted molar refractivity (Wildman–Crippen MR) is 58.5 cm³/mol. The Labute approximate surface area is 94.4 Å². The summed E-state index contributed by atoms with van der Waals surface area (Å²) < 4.78 is 4.96. The highest BCUT2D eigenvalue weighted by molar-refractivity contribution is 6.37. The van der Waals surface area contributed by atoms with E-state index in [0.717, 1.165) is 0 Å². The molecule has 0 N–H and O–H groups in total. The van der Waals surface area contributed by atoms with Crippen LogP contribution in [0.3, 0.4) is 0 Å². The number of ether oxygens (including phenoxy) is 1. The fourth-order valence-corrected chi connectivity index (χ4v) is 1.24. The quantitative estimate of drug-likeness (QED) is 0.396. The summed E-state index contributed by atoms with van der Waals surface area (Å²) >= 11 is 0. The van der Waals surface area contributed by atoms with Gasteiger partial charge in [0.25, 0.3) is 0 Å². The number of hydrogen-bond donors (Lipinski definition) is 0. The van der Waals surface area contributed by atoms with Gasteiger partial charge in [0.05, 0.1) is 6.61 Å². The van der Waals surface area contributed by atoms with Crippen LogP contribution in [0.1, 0.15) is 25.7 Å². The maximum Gasteiger partial charge on any atom is 0.354 e. The van der Waals surface area contributed by atoms with Crippen LogP contribution in [0.25, 0.3) is 0 Å². The van der Waals surface area contributed by atoms with E-state index in [1.54, 1.807) is 0 Å². The highest BCUT2D eigenvalue weighted by Crippen LogP contribution is 2.08. The van der Waals surface area contributed by atoms with E-state index >= 15 is 0 Å². The molecule has 0 unspecified atom stereocenters. The zero-order valence-corrected chi connectivity index (χ0v) is 9.23. The third-order valence-corrected chi connectivity index (χ3v) is 2.14. The molecule has 0 aromatic carbocycles. The van der Waals surface area contributed by atoms with Gasteiger partial charge in [-0.25, -0.2) is 9.80 Å². The van der Waals surface area contributed by atoms with E-state index in [-0.39, 0.29) is 5.91 Å². The van der Waals surface area contributed by atoms with Crippen molar-refractivity contribution in [2.24, 2.45) is 5.10 Å². The standard InChI is InChI=1S/C11H14N2O3/c1-3-4-5-8-16-11(15)9-6-7-10(14)13(2)12-9/h1H,4-8H2,2H3. The SMILES string of the molecule is C#CCCCOC(=O)C1=NN(C)C(=O)CC1. The first-order valence-electron chi connectivity index (χ1n) is 5.09. The highest BCUT2D eigenvalue weighted by Gasteiger charge is 2.22. The third-order valence-electron chi connectivity index (χ3n) is 2.14. The van der Waals surface area contributed by atoms with Crippen molar-refractivity contribution in [3.63, 3.8) is 0 Å². The Hall–Kier alpha value is -1.83. The van der Waals surface area contributed by atoms with E-state index in [9.17, 15) is 9.59 Å². The van der Waals surface area contributed by atoms with Crippen molar-refractivity contribution in [3.05, 3.63) is 0 Å². The first kappa shape index (κ1) is 12.2. The van der Waals surface area contributed by atoms with Gasteiger partial charge in [0.1, 0.15) is 5.71 Å². The molecule has 0 radical (unpaired) electrons. The van der Waals surface area contributed by atoms with Gasteiger partial charge in [-0.1, -0.05) is 0 Å². The highest BCUT2D eigenvalue weighted by atomic mass is 16.5. The Balaban J connectivity index is 2.40. The van der Waals surface area contributed by atoms with E-state index in [4.69, 9.17) is 11.2 Å². The van der Waals surface area contributed by atoms with Crippen molar-refractivity contribution in [3.8, 4) is 12.3 Å². The Kier molecular flexibility index (Phi) is 4.52. The fraction of sp³-hybridized carbons (Fsp3) is 0.545. The van der Waals surface area contributed by atoms with Crippen LogP contribution >= 0.6 is 0 Å². The largest absolute Gasteiger partial charge is 0.461 e. The van der Waals surface area contributed by atoms with Crippen LogP contribution in [0.2, 0.25) is 0 Å². The Morgan fingerprint density at radius 2 is 2.38 bits per heavy atom. The minimum Gasteiger partial charge on any atom is -0.461 e. The fourth-order valence-electron chi connectivity index (χ4n) is 1.24. The molecule has 0 atom stereocenters. The van der Waals surface area contributed by atoms with Gasteiger partial charge in [-0.05, 0) is 6.42 Å². The van der Waals surface area contributed by atoms with Crippen LogP contribution < -0.4 is 0 Å². The van der Waals surface area contributed by atoms with Crippen molar-refractivity contribution < 1.29 is 14.3 Å². The summed E-state index contributed by atoms with van der Waals surface area (Å²) in [5, 5.41) is 5.02. The second kappa shape index (κ2) is 5.91. The maximum atomic E-state index is 11.5. The van der Waals surface area contributed by atoms with E-state index in [1.165, 1.54) is 12.1 Å². The molecule has 1 rings (SSSR count). The van der Waals surface area contributed by atoms with Gasteiger partial charge in [-0.2, -0.15) is 5.10 Å².